The van der Waals surface area contributed by atoms with Crippen LogP contribution in [0.2, 0.25) is 0 Å². The van der Waals surface area contributed by atoms with Crippen LogP contribution in [0.4, 0.5) is 0 Å². The van der Waals surface area contributed by atoms with Crippen molar-refractivity contribution < 1.29 is 4.89 Å². The minimum absolute atomic E-state index is 0.701. The molecule has 0 saturated heterocycles. The first-order chi connectivity index (χ1) is 5.99. The van der Waals surface area contributed by atoms with Crippen LogP contribution in [0.25, 0.3) is 0 Å². The van der Waals surface area contributed by atoms with Crippen LogP contribution in [0.1, 0.15) is 39.5 Å². The third-order valence-corrected chi connectivity index (χ3v) is 6.42. The van der Waals surface area contributed by atoms with Crippen LogP contribution in [-0.2, 0) is 11.8 Å². The molecule has 2 atom stereocenters. The van der Waals surface area contributed by atoms with Gasteiger partial charge in [0, 0.05) is 5.75 Å². The number of hydrogen-bond donors (Lipinski definition) is 2. The molecule has 0 fully saturated rings. The van der Waals surface area contributed by atoms with Crippen molar-refractivity contribution in [2.24, 2.45) is 5.92 Å². The Morgan fingerprint density at radius 2 is 2.15 bits per heavy atom. The average Bonchev–Trinajstić information content (AvgIpc) is 2.03. The third kappa shape index (κ3) is 9.61. The fraction of sp³-hybridized carbons (Fsp3) is 1.00. The van der Waals surface area contributed by atoms with Gasteiger partial charge < -0.3 is 4.89 Å². The van der Waals surface area contributed by atoms with E-state index in [1.807, 2.05) is 0 Å². The lowest BCUT2D eigenvalue weighted by Gasteiger charge is -2.15. The molecule has 0 saturated carbocycles. The van der Waals surface area contributed by atoms with Gasteiger partial charge >= 0.3 is 0 Å². The van der Waals surface area contributed by atoms with E-state index in [2.05, 4.69) is 26.1 Å². The van der Waals surface area contributed by atoms with Gasteiger partial charge in [-0.05, 0) is 24.1 Å². The first-order valence-electron chi connectivity index (χ1n) is 4.69. The van der Waals surface area contributed by atoms with Crippen molar-refractivity contribution >= 4 is 40.1 Å². The van der Waals surface area contributed by atoms with Crippen molar-refractivity contribution in [1.29, 1.82) is 0 Å². The standard InChI is InChI=1S/C8H19OPS3/c1-3-5-6-8(4-2)7-13-10(9,11)12/h8H,3-7H2,1-2H3,(H2,9,11,12). The van der Waals surface area contributed by atoms with Crippen LogP contribution in [0, 0.1) is 5.92 Å². The highest BCUT2D eigenvalue weighted by atomic mass is 33.2. The molecular weight excluding hydrogens is 239 g/mol. The summed E-state index contributed by atoms with van der Waals surface area (Å²) in [7, 11) is 0. The molecule has 0 heterocycles. The topological polar surface area (TPSA) is 20.2 Å². The smallest absolute Gasteiger partial charge is 0.169 e. The zero-order valence-corrected chi connectivity index (χ0v) is 11.7. The Bertz CT molecular complexity index is 169. The van der Waals surface area contributed by atoms with Crippen LogP contribution >= 0.6 is 28.3 Å². The summed E-state index contributed by atoms with van der Waals surface area (Å²) in [6.07, 6.45) is 4.95. The monoisotopic (exact) mass is 258 g/mol. The fourth-order valence-electron chi connectivity index (χ4n) is 1.10. The second-order valence-corrected chi connectivity index (χ2v) is 12.8. The van der Waals surface area contributed by atoms with E-state index in [4.69, 9.17) is 11.8 Å². The van der Waals surface area contributed by atoms with Crippen molar-refractivity contribution in [1.82, 2.24) is 0 Å². The lowest BCUT2D eigenvalue weighted by molar-refractivity contribution is 0.500. The van der Waals surface area contributed by atoms with E-state index in [-0.39, 0.29) is 0 Å². The van der Waals surface area contributed by atoms with E-state index >= 15 is 0 Å². The second kappa shape index (κ2) is 7.58. The average molecular weight is 258 g/mol. The molecule has 0 aromatic carbocycles. The number of thiol groups is 1. The largest absolute Gasteiger partial charge is 0.350 e. The normalized spacial score (nSPS) is 18.2. The maximum absolute atomic E-state index is 9.34. The summed E-state index contributed by atoms with van der Waals surface area (Å²) in [6.45, 7) is 4.40. The summed E-state index contributed by atoms with van der Waals surface area (Å²) >= 11 is 10.3. The van der Waals surface area contributed by atoms with Gasteiger partial charge in [-0.2, -0.15) is 0 Å². The number of hydrogen-bond acceptors (Lipinski definition) is 2. The Morgan fingerprint density at radius 3 is 2.54 bits per heavy atom. The van der Waals surface area contributed by atoms with E-state index in [0.717, 1.165) is 5.75 Å². The summed E-state index contributed by atoms with van der Waals surface area (Å²) in [5.74, 6) is 1.67. The zero-order chi connectivity index (χ0) is 10.3. The molecule has 1 nitrogen and oxygen atoms in total. The fourth-order valence-corrected chi connectivity index (χ4v) is 4.27. The zero-order valence-electron chi connectivity index (χ0n) is 8.27. The molecule has 1 N–H and O–H groups in total. The first-order valence-corrected chi connectivity index (χ1v) is 10.2. The summed E-state index contributed by atoms with van der Waals surface area (Å²) in [5, 5.41) is 0. The number of unbranched alkanes of at least 4 members (excludes halogenated alkanes) is 1. The van der Waals surface area contributed by atoms with Gasteiger partial charge in [-0.1, -0.05) is 44.5 Å². The highest BCUT2D eigenvalue weighted by molar-refractivity contribution is 8.94. The molecule has 13 heavy (non-hydrogen) atoms. The van der Waals surface area contributed by atoms with Crippen molar-refractivity contribution in [2.75, 3.05) is 5.75 Å². The highest BCUT2D eigenvalue weighted by Gasteiger charge is 2.11. The molecule has 0 aliphatic carbocycles. The quantitative estimate of drug-likeness (QED) is 0.530. The Balaban J connectivity index is 3.65. The second-order valence-electron chi connectivity index (χ2n) is 3.20. The molecule has 0 spiro atoms. The minimum Gasteiger partial charge on any atom is -0.350 e. The van der Waals surface area contributed by atoms with Crippen molar-refractivity contribution in [2.45, 2.75) is 39.5 Å². The maximum atomic E-state index is 9.34. The highest BCUT2D eigenvalue weighted by Crippen LogP contribution is 2.59. The van der Waals surface area contributed by atoms with E-state index in [1.165, 1.54) is 37.1 Å². The van der Waals surface area contributed by atoms with Gasteiger partial charge in [-0.3, -0.25) is 0 Å². The van der Waals surface area contributed by atoms with Gasteiger partial charge in [0.2, 0.25) is 0 Å². The van der Waals surface area contributed by atoms with E-state index < -0.39 is 4.67 Å². The Labute approximate surface area is 96.1 Å². The Morgan fingerprint density at radius 1 is 1.54 bits per heavy atom. The molecule has 80 valence electrons. The lowest BCUT2D eigenvalue weighted by Crippen LogP contribution is -2.01. The molecule has 0 bridgehead atoms. The molecule has 0 aromatic heterocycles. The predicted molar refractivity (Wildman–Crippen MR) is 71.3 cm³/mol. The molecular formula is C8H19OPS3. The SMILES string of the molecule is CCCCC(CC)CSP(O)(=S)S. The van der Waals surface area contributed by atoms with Crippen LogP contribution < -0.4 is 0 Å². The van der Waals surface area contributed by atoms with Gasteiger partial charge in [-0.25, -0.2) is 0 Å². The van der Waals surface area contributed by atoms with Gasteiger partial charge in [0.15, 0.2) is 4.67 Å². The van der Waals surface area contributed by atoms with Gasteiger partial charge in [0.25, 0.3) is 0 Å². The first kappa shape index (κ1) is 14.3. The van der Waals surface area contributed by atoms with Crippen molar-refractivity contribution in [3.8, 4) is 0 Å². The summed E-state index contributed by atoms with van der Waals surface area (Å²) in [6, 6.07) is 0. The Hall–Kier alpha value is 1.31. The van der Waals surface area contributed by atoms with Gasteiger partial charge in [0.1, 0.15) is 0 Å². The molecule has 0 aromatic rings. The van der Waals surface area contributed by atoms with Gasteiger partial charge in [-0.15, -0.1) is 12.2 Å². The molecule has 5 heteroatoms. The van der Waals surface area contributed by atoms with E-state index in [0.29, 0.717) is 5.92 Å². The molecule has 2 unspecified atom stereocenters. The molecule has 0 aliphatic rings. The lowest BCUT2D eigenvalue weighted by atomic mass is 10.0. The number of rotatable bonds is 7. The van der Waals surface area contributed by atoms with Crippen LogP contribution in [0.15, 0.2) is 0 Å². The molecule has 0 rings (SSSR count). The summed E-state index contributed by atoms with van der Waals surface area (Å²) in [5.41, 5.74) is 0. The summed E-state index contributed by atoms with van der Waals surface area (Å²) in [4.78, 5) is 9.34. The predicted octanol–water partition coefficient (Wildman–Crippen LogP) is 4.08. The molecule has 0 amide bonds. The van der Waals surface area contributed by atoms with Crippen molar-refractivity contribution in [3.05, 3.63) is 0 Å². The minimum atomic E-state index is -2.32. The van der Waals surface area contributed by atoms with Crippen LogP contribution in [0.3, 0.4) is 0 Å². The third-order valence-electron chi connectivity index (χ3n) is 2.02. The molecule has 0 radical (unpaired) electrons. The van der Waals surface area contributed by atoms with E-state index in [1.54, 1.807) is 0 Å². The van der Waals surface area contributed by atoms with E-state index in [9.17, 15) is 4.89 Å². The summed E-state index contributed by atoms with van der Waals surface area (Å²) < 4.78 is -2.32. The van der Waals surface area contributed by atoms with Crippen LogP contribution in [-0.4, -0.2) is 10.6 Å². The maximum Gasteiger partial charge on any atom is 0.169 e. The van der Waals surface area contributed by atoms with Crippen LogP contribution in [0.5, 0.6) is 0 Å². The van der Waals surface area contributed by atoms with Gasteiger partial charge in [0.05, 0.1) is 0 Å². The van der Waals surface area contributed by atoms with Crippen molar-refractivity contribution in [3.63, 3.8) is 0 Å². The Kier molecular flexibility index (Phi) is 8.35. The molecule has 0 aliphatic heterocycles.